The van der Waals surface area contributed by atoms with Crippen LogP contribution in [0.15, 0.2) is 24.3 Å². The molecule has 0 fully saturated rings. The van der Waals surface area contributed by atoms with E-state index in [0.717, 1.165) is 12.8 Å². The van der Waals surface area contributed by atoms with Crippen molar-refractivity contribution in [3.63, 3.8) is 0 Å². The zero-order valence-electron chi connectivity index (χ0n) is 14.8. The molecule has 0 saturated carbocycles. The first-order valence-electron chi connectivity index (χ1n) is 9.29. The molecule has 0 aromatic heterocycles. The molecule has 0 heterocycles. The highest BCUT2D eigenvalue weighted by molar-refractivity contribution is 5.81. The highest BCUT2D eigenvalue weighted by Gasteiger charge is 1.94. The summed E-state index contributed by atoms with van der Waals surface area (Å²) in [4.78, 5) is 11.4. The molecular formula is C20H36O2. The average molecular weight is 309 g/mol. The van der Waals surface area contributed by atoms with Crippen LogP contribution in [0.5, 0.6) is 0 Å². The summed E-state index contributed by atoms with van der Waals surface area (Å²) >= 11 is 0. The van der Waals surface area contributed by atoms with Crippen molar-refractivity contribution in [2.24, 2.45) is 0 Å². The van der Waals surface area contributed by atoms with Crippen molar-refractivity contribution in [1.29, 1.82) is 0 Å². The second-order valence-corrected chi connectivity index (χ2v) is 5.91. The summed E-state index contributed by atoms with van der Waals surface area (Å²) in [5.74, 6) is -0.221. The molecule has 2 heteroatoms. The van der Waals surface area contributed by atoms with Gasteiger partial charge in [-0.3, -0.25) is 0 Å². The lowest BCUT2D eigenvalue weighted by Gasteiger charge is -1.98. The van der Waals surface area contributed by atoms with E-state index in [4.69, 9.17) is 4.74 Å². The van der Waals surface area contributed by atoms with Gasteiger partial charge < -0.3 is 4.74 Å². The zero-order valence-corrected chi connectivity index (χ0v) is 14.8. The molecule has 0 aliphatic carbocycles. The maximum absolute atomic E-state index is 11.4. The fourth-order valence-electron chi connectivity index (χ4n) is 2.28. The maximum atomic E-state index is 11.4. The summed E-state index contributed by atoms with van der Waals surface area (Å²) in [5, 5.41) is 0. The minimum atomic E-state index is -0.221. The van der Waals surface area contributed by atoms with Crippen molar-refractivity contribution in [2.75, 3.05) is 6.61 Å². The van der Waals surface area contributed by atoms with Crippen molar-refractivity contribution >= 4 is 5.97 Å². The van der Waals surface area contributed by atoms with Crippen molar-refractivity contribution in [3.05, 3.63) is 24.3 Å². The molecule has 0 aromatic rings. The summed E-state index contributed by atoms with van der Waals surface area (Å²) in [5.41, 5.74) is 0. The van der Waals surface area contributed by atoms with Gasteiger partial charge in [0.1, 0.15) is 6.61 Å². The molecule has 0 bridgehead atoms. The number of hydrogen-bond acceptors (Lipinski definition) is 2. The van der Waals surface area contributed by atoms with Crippen LogP contribution in [0.2, 0.25) is 0 Å². The van der Waals surface area contributed by atoms with Crippen LogP contribution in [0, 0.1) is 0 Å². The van der Waals surface area contributed by atoms with Crippen molar-refractivity contribution in [1.82, 2.24) is 0 Å². The van der Waals surface area contributed by atoms with Gasteiger partial charge in [0.15, 0.2) is 0 Å². The van der Waals surface area contributed by atoms with Gasteiger partial charge in [-0.05, 0) is 25.7 Å². The molecular weight excluding hydrogens is 272 g/mol. The summed E-state index contributed by atoms with van der Waals surface area (Å²) < 4.78 is 5.12. The molecule has 0 unspecified atom stereocenters. The lowest BCUT2D eigenvalue weighted by atomic mass is 10.1. The molecule has 0 aromatic carbocycles. The Balaban J connectivity index is 3.37. The Labute approximate surface area is 138 Å². The Morgan fingerprint density at radius 1 is 0.727 bits per heavy atom. The number of carbonyl (C=O) groups excluding carboxylic acids is 1. The molecule has 0 N–H and O–H groups in total. The predicted molar refractivity (Wildman–Crippen MR) is 96.0 cm³/mol. The van der Waals surface area contributed by atoms with Gasteiger partial charge in [-0.2, -0.15) is 0 Å². The largest absolute Gasteiger partial charge is 0.458 e. The first-order chi connectivity index (χ1) is 10.8. The molecule has 0 aliphatic rings. The second-order valence-electron chi connectivity index (χ2n) is 5.91. The van der Waals surface area contributed by atoms with E-state index in [9.17, 15) is 4.79 Å². The van der Waals surface area contributed by atoms with Crippen LogP contribution in [-0.4, -0.2) is 12.6 Å². The Hall–Kier alpha value is -1.05. The van der Waals surface area contributed by atoms with Crippen LogP contribution < -0.4 is 0 Å². The molecule has 128 valence electrons. The van der Waals surface area contributed by atoms with Crippen LogP contribution in [0.4, 0.5) is 0 Å². The van der Waals surface area contributed by atoms with Crippen molar-refractivity contribution in [3.8, 4) is 0 Å². The fourth-order valence-corrected chi connectivity index (χ4v) is 2.28. The Morgan fingerprint density at radius 2 is 1.27 bits per heavy atom. The normalized spacial score (nSPS) is 11.5. The molecule has 0 radical (unpaired) electrons. The number of rotatable bonds is 15. The summed E-state index contributed by atoms with van der Waals surface area (Å²) in [6, 6.07) is 0. The Bertz CT molecular complexity index is 292. The van der Waals surface area contributed by atoms with Gasteiger partial charge in [0, 0.05) is 6.08 Å². The van der Waals surface area contributed by atoms with Gasteiger partial charge in [-0.15, -0.1) is 0 Å². The third kappa shape index (κ3) is 17.0. The first-order valence-corrected chi connectivity index (χ1v) is 9.29. The number of hydrogen-bond donors (Lipinski definition) is 0. The van der Waals surface area contributed by atoms with Crippen LogP contribution in [0.25, 0.3) is 0 Å². The summed E-state index contributed by atoms with van der Waals surface area (Å²) in [6.07, 6.45) is 22.5. The van der Waals surface area contributed by atoms with Gasteiger partial charge in [-0.1, -0.05) is 83.4 Å². The smallest absolute Gasteiger partial charge is 0.330 e. The topological polar surface area (TPSA) is 26.3 Å². The molecule has 0 atom stereocenters. The van der Waals surface area contributed by atoms with E-state index < -0.39 is 0 Å². The zero-order chi connectivity index (χ0) is 16.3. The van der Waals surface area contributed by atoms with E-state index in [1.165, 1.54) is 64.2 Å². The lowest BCUT2D eigenvalue weighted by molar-refractivity contribution is -0.136. The number of esters is 1. The SMILES string of the molecule is CCCCCCCC=CCOC(=O)C=CCCCCCCC. The molecule has 0 rings (SSSR count). The van der Waals surface area contributed by atoms with Crippen LogP contribution >= 0.6 is 0 Å². The summed E-state index contributed by atoms with van der Waals surface area (Å²) in [6.45, 7) is 4.85. The van der Waals surface area contributed by atoms with Crippen molar-refractivity contribution in [2.45, 2.75) is 90.9 Å². The van der Waals surface area contributed by atoms with E-state index in [-0.39, 0.29) is 5.97 Å². The van der Waals surface area contributed by atoms with E-state index in [0.29, 0.717) is 6.61 Å². The molecule has 0 spiro atoms. The van der Waals surface area contributed by atoms with E-state index in [1.54, 1.807) is 6.08 Å². The van der Waals surface area contributed by atoms with Crippen LogP contribution in [0.3, 0.4) is 0 Å². The van der Waals surface area contributed by atoms with Crippen LogP contribution in [0.1, 0.15) is 90.9 Å². The van der Waals surface area contributed by atoms with Gasteiger partial charge in [0.2, 0.25) is 0 Å². The standard InChI is InChI=1S/C20H36O2/c1-3-5-7-9-11-13-15-17-19-22-20(21)18-16-14-12-10-8-6-4-2/h15-18H,3-14,19H2,1-2H3. The number of unbranched alkanes of at least 4 members (excludes halogenated alkanes) is 10. The number of ether oxygens (including phenoxy) is 1. The molecule has 2 nitrogen and oxygen atoms in total. The van der Waals surface area contributed by atoms with Crippen molar-refractivity contribution < 1.29 is 9.53 Å². The highest BCUT2D eigenvalue weighted by Crippen LogP contribution is 2.06. The highest BCUT2D eigenvalue weighted by atomic mass is 16.5. The quantitative estimate of drug-likeness (QED) is 0.152. The number of carbonyl (C=O) groups is 1. The summed E-state index contributed by atoms with van der Waals surface area (Å²) in [7, 11) is 0. The molecule has 0 saturated heterocycles. The minimum Gasteiger partial charge on any atom is -0.458 e. The maximum Gasteiger partial charge on any atom is 0.330 e. The minimum absolute atomic E-state index is 0.221. The Morgan fingerprint density at radius 3 is 1.86 bits per heavy atom. The van der Waals surface area contributed by atoms with E-state index in [2.05, 4.69) is 19.9 Å². The van der Waals surface area contributed by atoms with Gasteiger partial charge in [0.25, 0.3) is 0 Å². The van der Waals surface area contributed by atoms with Gasteiger partial charge >= 0.3 is 5.97 Å². The average Bonchev–Trinajstić information content (AvgIpc) is 2.52. The fraction of sp³-hybridized carbons (Fsp3) is 0.750. The Kier molecular flexibility index (Phi) is 17.1. The van der Waals surface area contributed by atoms with Gasteiger partial charge in [0.05, 0.1) is 0 Å². The first kappa shape index (κ1) is 20.9. The second kappa shape index (κ2) is 18.0. The molecule has 0 aliphatic heterocycles. The third-order valence-electron chi connectivity index (χ3n) is 3.69. The van der Waals surface area contributed by atoms with Crippen LogP contribution in [-0.2, 0) is 9.53 Å². The number of allylic oxidation sites excluding steroid dienone is 2. The molecule has 0 amide bonds. The van der Waals surface area contributed by atoms with Gasteiger partial charge in [-0.25, -0.2) is 4.79 Å². The lowest BCUT2D eigenvalue weighted by Crippen LogP contribution is -1.99. The predicted octanol–water partition coefficient (Wildman–Crippen LogP) is 6.36. The third-order valence-corrected chi connectivity index (χ3v) is 3.69. The van der Waals surface area contributed by atoms with E-state index in [1.807, 2.05) is 12.2 Å². The monoisotopic (exact) mass is 308 g/mol. The molecule has 22 heavy (non-hydrogen) atoms. The van der Waals surface area contributed by atoms with E-state index >= 15 is 0 Å².